The Kier molecular flexibility index (Phi) is 2.80. The van der Waals surface area contributed by atoms with Gasteiger partial charge in [0.05, 0.1) is 0 Å². The molecule has 3 heteroatoms. The lowest BCUT2D eigenvalue weighted by Gasteiger charge is -2.21. The third-order valence-corrected chi connectivity index (χ3v) is 2.90. The van der Waals surface area contributed by atoms with Crippen molar-refractivity contribution < 1.29 is 13.6 Å². The summed E-state index contributed by atoms with van der Waals surface area (Å²) in [6.45, 7) is 0. The van der Waals surface area contributed by atoms with Gasteiger partial charge in [0.1, 0.15) is 17.4 Å². The molecule has 1 aliphatic rings. The van der Waals surface area contributed by atoms with Gasteiger partial charge in [-0.2, -0.15) is 0 Å². The van der Waals surface area contributed by atoms with Gasteiger partial charge < -0.3 is 0 Å². The van der Waals surface area contributed by atoms with Gasteiger partial charge in [0, 0.05) is 17.9 Å². The van der Waals surface area contributed by atoms with Crippen LogP contribution in [0.25, 0.3) is 0 Å². The van der Waals surface area contributed by atoms with Crippen LogP contribution in [0.3, 0.4) is 0 Å². The van der Waals surface area contributed by atoms with Crippen LogP contribution < -0.4 is 0 Å². The van der Waals surface area contributed by atoms with E-state index in [4.69, 9.17) is 0 Å². The predicted molar refractivity (Wildman–Crippen MR) is 52.6 cm³/mol. The molecule has 0 aliphatic heterocycles. The summed E-state index contributed by atoms with van der Waals surface area (Å²) in [4.78, 5) is 11.6. The Labute approximate surface area is 87.1 Å². The number of Topliss-reactive ketones (excluding diaryl/α,β-unsaturated/α-hetero) is 1. The number of carbonyl (C=O) groups excluding carboxylic acids is 1. The van der Waals surface area contributed by atoms with Crippen molar-refractivity contribution in [2.75, 3.05) is 0 Å². The molecule has 1 unspecified atom stereocenters. The molecule has 0 heterocycles. The summed E-state index contributed by atoms with van der Waals surface area (Å²) in [5.74, 6) is -1.81. The van der Waals surface area contributed by atoms with E-state index in [0.29, 0.717) is 12.8 Å². The smallest absolute Gasteiger partial charge is 0.140 e. The Morgan fingerprint density at radius 1 is 1.13 bits per heavy atom. The zero-order chi connectivity index (χ0) is 10.8. The summed E-state index contributed by atoms with van der Waals surface area (Å²) >= 11 is 0. The van der Waals surface area contributed by atoms with Crippen LogP contribution in [0.15, 0.2) is 18.2 Å². The highest BCUT2D eigenvalue weighted by atomic mass is 19.1. The molecule has 1 aromatic carbocycles. The highest BCUT2D eigenvalue weighted by molar-refractivity contribution is 5.86. The van der Waals surface area contributed by atoms with Gasteiger partial charge in [-0.3, -0.25) is 4.79 Å². The fraction of sp³-hybridized carbons (Fsp3) is 0.417. The second kappa shape index (κ2) is 4.09. The molecule has 1 atom stereocenters. The number of carbonyl (C=O) groups is 1. The van der Waals surface area contributed by atoms with Crippen LogP contribution in [0.2, 0.25) is 0 Å². The Hall–Kier alpha value is -1.25. The number of ketones is 1. The fourth-order valence-electron chi connectivity index (χ4n) is 2.13. The standard InChI is InChI=1S/C12H12F2O/c13-9-5-3-6-10(14)12(9)8-4-1-2-7-11(8)15/h3,5-6,8H,1-2,4,7H2. The quantitative estimate of drug-likeness (QED) is 0.695. The first-order chi connectivity index (χ1) is 7.20. The number of hydrogen-bond donors (Lipinski definition) is 0. The van der Waals surface area contributed by atoms with Gasteiger partial charge in [-0.1, -0.05) is 12.5 Å². The van der Waals surface area contributed by atoms with Crippen LogP contribution in [0.1, 0.15) is 37.2 Å². The van der Waals surface area contributed by atoms with Gasteiger partial charge in [-0.25, -0.2) is 8.78 Å². The molecule has 15 heavy (non-hydrogen) atoms. The molecular weight excluding hydrogens is 198 g/mol. The minimum absolute atomic E-state index is 0.0368. The number of benzene rings is 1. The molecule has 1 aliphatic carbocycles. The molecule has 0 aromatic heterocycles. The average Bonchev–Trinajstić information content (AvgIpc) is 2.20. The van der Waals surface area contributed by atoms with Gasteiger partial charge in [-0.05, 0) is 25.0 Å². The molecule has 0 spiro atoms. The van der Waals surface area contributed by atoms with Crippen molar-refractivity contribution in [1.82, 2.24) is 0 Å². The molecule has 1 nitrogen and oxygen atoms in total. The molecule has 1 saturated carbocycles. The van der Waals surface area contributed by atoms with E-state index >= 15 is 0 Å². The molecule has 1 fully saturated rings. The van der Waals surface area contributed by atoms with Crippen molar-refractivity contribution in [2.45, 2.75) is 31.6 Å². The van der Waals surface area contributed by atoms with Gasteiger partial charge in [0.2, 0.25) is 0 Å². The summed E-state index contributed by atoms with van der Waals surface area (Å²) in [5.41, 5.74) is -0.0396. The Morgan fingerprint density at radius 3 is 2.40 bits per heavy atom. The molecule has 0 saturated heterocycles. The largest absolute Gasteiger partial charge is 0.299 e. The maximum Gasteiger partial charge on any atom is 0.140 e. The average molecular weight is 210 g/mol. The summed E-state index contributed by atoms with van der Waals surface area (Å²) in [6.07, 6.45) is 2.71. The van der Waals surface area contributed by atoms with E-state index in [9.17, 15) is 13.6 Å². The third-order valence-electron chi connectivity index (χ3n) is 2.90. The van der Waals surface area contributed by atoms with Crippen molar-refractivity contribution in [3.8, 4) is 0 Å². The molecule has 0 N–H and O–H groups in total. The predicted octanol–water partition coefficient (Wildman–Crippen LogP) is 3.19. The SMILES string of the molecule is O=C1CCCCC1c1c(F)cccc1F. The first kappa shape index (κ1) is 10.3. The van der Waals surface area contributed by atoms with Crippen molar-refractivity contribution in [2.24, 2.45) is 0 Å². The molecule has 0 bridgehead atoms. The van der Waals surface area contributed by atoms with E-state index in [0.717, 1.165) is 12.8 Å². The minimum Gasteiger partial charge on any atom is -0.299 e. The van der Waals surface area contributed by atoms with Crippen LogP contribution in [-0.2, 0) is 4.79 Å². The third kappa shape index (κ3) is 1.91. The lowest BCUT2D eigenvalue weighted by Crippen LogP contribution is -2.19. The van der Waals surface area contributed by atoms with Crippen molar-refractivity contribution in [3.05, 3.63) is 35.4 Å². The maximum atomic E-state index is 13.4. The van der Waals surface area contributed by atoms with E-state index in [1.807, 2.05) is 0 Å². The van der Waals surface area contributed by atoms with Gasteiger partial charge in [-0.15, -0.1) is 0 Å². The zero-order valence-corrected chi connectivity index (χ0v) is 8.30. The first-order valence-corrected chi connectivity index (χ1v) is 5.17. The Bertz CT molecular complexity index is 367. The molecule has 0 radical (unpaired) electrons. The van der Waals surface area contributed by atoms with E-state index in [1.165, 1.54) is 18.2 Å². The highest BCUT2D eigenvalue weighted by Gasteiger charge is 2.28. The lowest BCUT2D eigenvalue weighted by molar-refractivity contribution is -0.122. The molecule has 0 amide bonds. The van der Waals surface area contributed by atoms with Crippen LogP contribution in [0.4, 0.5) is 8.78 Å². The second-order valence-corrected chi connectivity index (χ2v) is 3.90. The maximum absolute atomic E-state index is 13.4. The van der Waals surface area contributed by atoms with E-state index in [1.54, 1.807) is 0 Å². The lowest BCUT2D eigenvalue weighted by atomic mass is 9.82. The topological polar surface area (TPSA) is 17.1 Å². The minimum atomic E-state index is -0.602. The fourth-order valence-corrected chi connectivity index (χ4v) is 2.13. The summed E-state index contributed by atoms with van der Waals surface area (Å²) < 4.78 is 26.8. The van der Waals surface area contributed by atoms with Gasteiger partial charge >= 0.3 is 0 Å². The molecular formula is C12H12F2O. The molecule has 80 valence electrons. The van der Waals surface area contributed by atoms with Crippen LogP contribution in [-0.4, -0.2) is 5.78 Å². The number of hydrogen-bond acceptors (Lipinski definition) is 1. The van der Waals surface area contributed by atoms with E-state index < -0.39 is 17.6 Å². The van der Waals surface area contributed by atoms with E-state index in [2.05, 4.69) is 0 Å². The van der Waals surface area contributed by atoms with Crippen LogP contribution in [0, 0.1) is 11.6 Å². The normalized spacial score (nSPS) is 21.7. The zero-order valence-electron chi connectivity index (χ0n) is 8.30. The molecule has 1 aromatic rings. The highest BCUT2D eigenvalue weighted by Crippen LogP contribution is 2.32. The summed E-state index contributed by atoms with van der Waals surface area (Å²) in [6, 6.07) is 3.74. The van der Waals surface area contributed by atoms with E-state index in [-0.39, 0.29) is 11.3 Å². The summed E-state index contributed by atoms with van der Waals surface area (Å²) in [5, 5.41) is 0. The second-order valence-electron chi connectivity index (χ2n) is 3.90. The molecule has 2 rings (SSSR count). The van der Waals surface area contributed by atoms with Crippen LogP contribution in [0.5, 0.6) is 0 Å². The van der Waals surface area contributed by atoms with Gasteiger partial charge in [0.25, 0.3) is 0 Å². The van der Waals surface area contributed by atoms with Crippen LogP contribution >= 0.6 is 0 Å². The number of rotatable bonds is 1. The first-order valence-electron chi connectivity index (χ1n) is 5.17. The summed E-state index contributed by atoms with van der Waals surface area (Å²) in [7, 11) is 0. The van der Waals surface area contributed by atoms with Crippen molar-refractivity contribution in [1.29, 1.82) is 0 Å². The Balaban J connectivity index is 2.39. The number of halogens is 2. The van der Waals surface area contributed by atoms with Crippen molar-refractivity contribution >= 4 is 5.78 Å². The Morgan fingerprint density at radius 2 is 1.80 bits per heavy atom. The monoisotopic (exact) mass is 210 g/mol. The van der Waals surface area contributed by atoms with Gasteiger partial charge in [0.15, 0.2) is 0 Å². The van der Waals surface area contributed by atoms with Crippen molar-refractivity contribution in [3.63, 3.8) is 0 Å².